The third-order valence-electron chi connectivity index (χ3n) is 4.93. The normalized spacial score (nSPS) is 23.0. The van der Waals surface area contributed by atoms with Gasteiger partial charge in [0.05, 0.1) is 6.10 Å². The van der Waals surface area contributed by atoms with Gasteiger partial charge in [-0.1, -0.05) is 20.3 Å². The van der Waals surface area contributed by atoms with E-state index in [1.165, 1.54) is 23.9 Å². The minimum Gasteiger partial charge on any atom is -0.463 e. The molecule has 10 heteroatoms. The Bertz CT molecular complexity index is 737. The van der Waals surface area contributed by atoms with Crippen molar-refractivity contribution < 1.29 is 28.9 Å². The summed E-state index contributed by atoms with van der Waals surface area (Å²) in [5, 5.41) is 8.92. The van der Waals surface area contributed by atoms with Crippen LogP contribution < -0.4 is 11.2 Å². The van der Waals surface area contributed by atoms with E-state index in [1.54, 1.807) is 13.8 Å². The Kier molecular flexibility index (Phi) is 8.14. The van der Waals surface area contributed by atoms with Crippen molar-refractivity contribution in [1.82, 2.24) is 9.55 Å². The number of aromatic nitrogens is 2. The Balaban J connectivity index is 2.12. The predicted octanol–water partition coefficient (Wildman–Crippen LogP) is 2.08. The maximum atomic E-state index is 12.3. The van der Waals surface area contributed by atoms with Crippen LogP contribution in [0.15, 0.2) is 17.1 Å². The number of nitrogens with one attached hydrogen (secondary N) is 1. The highest BCUT2D eigenvalue weighted by Gasteiger charge is 2.41. The Morgan fingerprint density at radius 3 is 2.83 bits per heavy atom. The lowest BCUT2D eigenvalue weighted by molar-refractivity contribution is -0.238. The molecule has 0 amide bonds. The molecule has 2 N–H and O–H groups in total. The molecule has 1 aromatic rings. The number of carbonyl (C=O) groups is 1. The molecule has 29 heavy (non-hydrogen) atoms. The standard InChI is InChI=1S/C19H31N3O7/c1-6-12(2)9-16(23)27-11-13-10-14(29-19(3,4)26-5)17(28-13)22-8-7-15(21-25)20-18(22)24/h7-8,12-14,17,25H,6,9-11H2,1-5H3,(H,20,21,24)/t12?,13-,14+,17+/m0/s1. The van der Waals surface area contributed by atoms with E-state index in [9.17, 15) is 9.59 Å². The molecule has 0 bridgehead atoms. The summed E-state index contributed by atoms with van der Waals surface area (Å²) in [5.74, 6) is -0.910. The second kappa shape index (κ2) is 10.1. The lowest BCUT2D eigenvalue weighted by Crippen LogP contribution is -2.38. The topological polar surface area (TPSA) is 121 Å². The number of esters is 1. The summed E-state index contributed by atoms with van der Waals surface area (Å²) in [6.45, 7) is 7.58. The summed E-state index contributed by atoms with van der Waals surface area (Å²) in [4.78, 5) is 28.0. The maximum Gasteiger partial charge on any atom is 0.351 e. The fourth-order valence-electron chi connectivity index (χ4n) is 2.93. The summed E-state index contributed by atoms with van der Waals surface area (Å²) < 4.78 is 23.9. The highest BCUT2D eigenvalue weighted by atomic mass is 16.7. The highest BCUT2D eigenvalue weighted by molar-refractivity contribution is 5.69. The van der Waals surface area contributed by atoms with E-state index >= 15 is 0 Å². The average molecular weight is 413 g/mol. The van der Waals surface area contributed by atoms with Gasteiger partial charge in [-0.2, -0.15) is 4.98 Å². The third kappa shape index (κ3) is 6.49. The second-order valence-corrected chi connectivity index (χ2v) is 7.66. The summed E-state index contributed by atoms with van der Waals surface area (Å²) in [6, 6.07) is 1.43. The minimum atomic E-state index is -0.905. The van der Waals surface area contributed by atoms with Gasteiger partial charge in [-0.15, -0.1) is 0 Å². The van der Waals surface area contributed by atoms with Crippen molar-refractivity contribution >= 4 is 11.8 Å². The van der Waals surface area contributed by atoms with Crippen LogP contribution in [0.2, 0.25) is 0 Å². The number of hydrogen-bond donors (Lipinski definition) is 2. The number of methoxy groups -OCH3 is 1. The molecular weight excluding hydrogens is 382 g/mol. The van der Waals surface area contributed by atoms with E-state index in [4.69, 9.17) is 24.2 Å². The molecule has 1 fully saturated rings. The zero-order valence-electron chi connectivity index (χ0n) is 17.6. The monoisotopic (exact) mass is 413 g/mol. The number of carbonyl (C=O) groups excluding carboxylic acids is 1. The van der Waals surface area contributed by atoms with E-state index in [-0.39, 0.29) is 24.3 Å². The third-order valence-corrected chi connectivity index (χ3v) is 4.93. The van der Waals surface area contributed by atoms with Gasteiger partial charge in [-0.05, 0) is 25.8 Å². The Morgan fingerprint density at radius 2 is 2.24 bits per heavy atom. The van der Waals surface area contributed by atoms with Crippen molar-refractivity contribution in [1.29, 1.82) is 0 Å². The lowest BCUT2D eigenvalue weighted by atomic mass is 10.1. The van der Waals surface area contributed by atoms with Gasteiger partial charge in [0.15, 0.2) is 17.8 Å². The molecule has 2 rings (SSSR count). The molecule has 0 spiro atoms. The highest BCUT2D eigenvalue weighted by Crippen LogP contribution is 2.33. The average Bonchev–Trinajstić information content (AvgIpc) is 3.07. The van der Waals surface area contributed by atoms with Gasteiger partial charge >= 0.3 is 11.7 Å². The fourth-order valence-corrected chi connectivity index (χ4v) is 2.93. The van der Waals surface area contributed by atoms with Gasteiger partial charge < -0.3 is 18.9 Å². The molecule has 0 saturated carbocycles. The molecular formula is C19H31N3O7. The van der Waals surface area contributed by atoms with Gasteiger partial charge in [0.2, 0.25) is 0 Å². The van der Waals surface area contributed by atoms with Gasteiger partial charge in [0.25, 0.3) is 0 Å². The zero-order chi connectivity index (χ0) is 21.6. The summed E-state index contributed by atoms with van der Waals surface area (Å²) >= 11 is 0. The van der Waals surface area contributed by atoms with Gasteiger partial charge in [0, 0.05) is 26.1 Å². The molecule has 1 aliphatic heterocycles. The minimum absolute atomic E-state index is 0.0226. The molecule has 0 radical (unpaired) electrons. The van der Waals surface area contributed by atoms with Crippen LogP contribution in [0, 0.1) is 5.92 Å². The number of hydrogen-bond acceptors (Lipinski definition) is 9. The molecule has 2 heterocycles. The molecule has 1 unspecified atom stereocenters. The fraction of sp³-hybridized carbons (Fsp3) is 0.737. The first-order valence-electron chi connectivity index (χ1n) is 9.72. The molecule has 1 saturated heterocycles. The van der Waals surface area contributed by atoms with Crippen LogP contribution >= 0.6 is 0 Å². The summed E-state index contributed by atoms with van der Waals surface area (Å²) in [6.07, 6.45) is 1.34. The number of rotatable bonds is 10. The number of ether oxygens (including phenoxy) is 4. The van der Waals surface area contributed by atoms with Crippen LogP contribution in [0.3, 0.4) is 0 Å². The maximum absolute atomic E-state index is 12.3. The summed E-state index contributed by atoms with van der Waals surface area (Å²) in [5.41, 5.74) is 1.21. The van der Waals surface area contributed by atoms with Gasteiger partial charge in [-0.25, -0.2) is 4.79 Å². The van der Waals surface area contributed by atoms with Crippen molar-refractivity contribution in [3.05, 3.63) is 22.7 Å². The van der Waals surface area contributed by atoms with Crippen LogP contribution in [-0.2, 0) is 23.7 Å². The summed E-state index contributed by atoms with van der Waals surface area (Å²) in [7, 11) is 1.52. The van der Waals surface area contributed by atoms with Crippen LogP contribution in [-0.4, -0.2) is 52.4 Å². The predicted molar refractivity (Wildman–Crippen MR) is 103 cm³/mol. The second-order valence-electron chi connectivity index (χ2n) is 7.66. The van der Waals surface area contributed by atoms with E-state index in [0.717, 1.165) is 6.42 Å². The SMILES string of the molecule is CCC(C)CC(=O)OC[C@@H]1C[C@@H](OC(C)(C)OC)[C@H](n2ccc(NO)nc2=O)O1. The van der Waals surface area contributed by atoms with E-state index in [1.807, 2.05) is 19.3 Å². The first-order valence-corrected chi connectivity index (χ1v) is 9.72. The molecule has 1 aliphatic rings. The zero-order valence-corrected chi connectivity index (χ0v) is 17.6. The van der Waals surface area contributed by atoms with Gasteiger partial charge in [0.1, 0.15) is 12.7 Å². The molecule has 164 valence electrons. The molecule has 10 nitrogen and oxygen atoms in total. The van der Waals surface area contributed by atoms with Crippen LogP contribution in [0.5, 0.6) is 0 Å². The number of nitrogens with zero attached hydrogens (tertiary/aromatic N) is 2. The lowest BCUT2D eigenvalue weighted by Gasteiger charge is -2.30. The van der Waals surface area contributed by atoms with Crippen molar-refractivity contribution in [2.24, 2.45) is 5.92 Å². The van der Waals surface area contributed by atoms with Crippen LogP contribution in [0.4, 0.5) is 5.82 Å². The van der Waals surface area contributed by atoms with E-state index in [0.29, 0.717) is 12.8 Å². The number of anilines is 1. The van der Waals surface area contributed by atoms with Crippen molar-refractivity contribution in [3.8, 4) is 0 Å². The smallest absolute Gasteiger partial charge is 0.351 e. The Hall–Kier alpha value is -2.01. The van der Waals surface area contributed by atoms with Crippen molar-refractivity contribution in [2.45, 2.75) is 71.2 Å². The van der Waals surface area contributed by atoms with Gasteiger partial charge in [-0.3, -0.25) is 20.0 Å². The first-order chi connectivity index (χ1) is 13.7. The molecule has 4 atom stereocenters. The first kappa shape index (κ1) is 23.3. The molecule has 0 aliphatic carbocycles. The quantitative estimate of drug-likeness (QED) is 0.337. The Labute approximate surface area is 170 Å². The molecule has 1 aromatic heterocycles. The largest absolute Gasteiger partial charge is 0.463 e. The van der Waals surface area contributed by atoms with Crippen LogP contribution in [0.1, 0.15) is 53.2 Å². The Morgan fingerprint density at radius 1 is 1.52 bits per heavy atom. The molecule has 0 aromatic carbocycles. The van der Waals surface area contributed by atoms with Crippen LogP contribution in [0.25, 0.3) is 0 Å². The van der Waals surface area contributed by atoms with Crippen molar-refractivity contribution in [2.75, 3.05) is 19.2 Å². The van der Waals surface area contributed by atoms with E-state index in [2.05, 4.69) is 4.98 Å². The van der Waals surface area contributed by atoms with Crippen molar-refractivity contribution in [3.63, 3.8) is 0 Å². The van der Waals surface area contributed by atoms with E-state index < -0.39 is 29.9 Å².